The molecule has 0 amide bonds. The summed E-state index contributed by atoms with van der Waals surface area (Å²) in [5.41, 5.74) is 12.7. The molecular weight excluding hydrogens is 248 g/mol. The second-order valence-electron chi connectivity index (χ2n) is 3.97. The van der Waals surface area contributed by atoms with Gasteiger partial charge in [0, 0.05) is 0 Å². The minimum Gasteiger partial charge on any atom is -0.369 e. The lowest BCUT2D eigenvalue weighted by Crippen LogP contribution is -2.21. The van der Waals surface area contributed by atoms with Crippen LogP contribution in [0.3, 0.4) is 0 Å². The first kappa shape index (κ1) is 16.4. The fraction of sp³-hybridized carbons (Fsp3) is 0.385. The van der Waals surface area contributed by atoms with E-state index in [-0.39, 0.29) is 18.4 Å². The van der Waals surface area contributed by atoms with Crippen LogP contribution < -0.4 is 11.5 Å². The summed E-state index contributed by atoms with van der Waals surface area (Å²) in [6.45, 7) is 2.21. The van der Waals surface area contributed by atoms with E-state index in [1.54, 1.807) is 6.21 Å². The molecule has 1 rings (SSSR count). The standard InChI is InChI=1S/C13H20N4.ClH/c1-2-3-4-5-11-6-8-12(9-7-11)10-16-17-13(14)15;/h6-10H,2-5H2,1H3,(H4,14,15,17);1H. The van der Waals surface area contributed by atoms with E-state index in [2.05, 4.69) is 29.3 Å². The number of nitrogens with two attached hydrogens (primary N) is 2. The van der Waals surface area contributed by atoms with Crippen LogP contribution in [0.15, 0.2) is 34.5 Å². The predicted molar refractivity (Wildman–Crippen MR) is 80.3 cm³/mol. The van der Waals surface area contributed by atoms with Gasteiger partial charge in [-0.3, -0.25) is 0 Å². The van der Waals surface area contributed by atoms with Gasteiger partial charge in [0.15, 0.2) is 0 Å². The van der Waals surface area contributed by atoms with Crippen molar-refractivity contribution in [1.82, 2.24) is 0 Å². The molecule has 1 aromatic rings. The highest BCUT2D eigenvalue weighted by atomic mass is 35.5. The van der Waals surface area contributed by atoms with Gasteiger partial charge in [0.25, 0.3) is 0 Å². The van der Waals surface area contributed by atoms with Crippen LogP contribution in [-0.2, 0) is 6.42 Å². The Hall–Kier alpha value is -1.55. The molecule has 0 unspecified atom stereocenters. The SMILES string of the molecule is CCCCCc1ccc(C=NN=C(N)N)cc1.Cl. The van der Waals surface area contributed by atoms with Crippen molar-refractivity contribution in [3.05, 3.63) is 35.4 Å². The Bertz CT molecular complexity index is 380. The van der Waals surface area contributed by atoms with Crippen LogP contribution in [0.25, 0.3) is 0 Å². The Morgan fingerprint density at radius 3 is 2.39 bits per heavy atom. The summed E-state index contributed by atoms with van der Waals surface area (Å²) in [7, 11) is 0. The number of aryl methyl sites for hydroxylation is 1. The third kappa shape index (κ3) is 6.91. The van der Waals surface area contributed by atoms with E-state index in [1.165, 1.54) is 24.8 Å². The van der Waals surface area contributed by atoms with Crippen molar-refractivity contribution in [3.8, 4) is 0 Å². The maximum Gasteiger partial charge on any atom is 0.211 e. The van der Waals surface area contributed by atoms with Crippen LogP contribution >= 0.6 is 12.4 Å². The highest BCUT2D eigenvalue weighted by molar-refractivity contribution is 5.85. The smallest absolute Gasteiger partial charge is 0.211 e. The van der Waals surface area contributed by atoms with Crippen LogP contribution in [0, 0.1) is 0 Å². The predicted octanol–water partition coefficient (Wildman–Crippen LogP) is 2.45. The van der Waals surface area contributed by atoms with Gasteiger partial charge in [-0.1, -0.05) is 44.0 Å². The Morgan fingerprint density at radius 2 is 1.83 bits per heavy atom. The number of hydrogen-bond acceptors (Lipinski definition) is 2. The van der Waals surface area contributed by atoms with Gasteiger partial charge in [-0.25, -0.2) is 0 Å². The van der Waals surface area contributed by atoms with Crippen molar-refractivity contribution in [2.75, 3.05) is 0 Å². The molecule has 18 heavy (non-hydrogen) atoms. The molecule has 0 saturated heterocycles. The Kier molecular flexibility index (Phi) is 8.66. The number of unbranched alkanes of at least 4 members (excludes halogenated alkanes) is 2. The molecule has 100 valence electrons. The van der Waals surface area contributed by atoms with Crippen molar-refractivity contribution in [1.29, 1.82) is 0 Å². The first-order valence-electron chi connectivity index (χ1n) is 5.93. The third-order valence-corrected chi connectivity index (χ3v) is 2.43. The molecule has 0 atom stereocenters. The molecular formula is C13H21ClN4. The Labute approximate surface area is 115 Å². The number of nitrogens with zero attached hydrogens (tertiary/aromatic N) is 2. The van der Waals surface area contributed by atoms with Gasteiger partial charge in [-0.2, -0.15) is 5.10 Å². The molecule has 4 N–H and O–H groups in total. The molecule has 0 aromatic heterocycles. The van der Waals surface area contributed by atoms with Crippen LogP contribution in [0.4, 0.5) is 0 Å². The molecule has 0 fully saturated rings. The molecule has 0 bridgehead atoms. The van der Waals surface area contributed by atoms with E-state index in [9.17, 15) is 0 Å². The zero-order chi connectivity index (χ0) is 12.5. The molecule has 0 aliphatic rings. The van der Waals surface area contributed by atoms with Gasteiger partial charge in [-0.15, -0.1) is 17.5 Å². The quantitative estimate of drug-likeness (QED) is 0.360. The van der Waals surface area contributed by atoms with Crippen molar-refractivity contribution < 1.29 is 0 Å². The van der Waals surface area contributed by atoms with Crippen molar-refractivity contribution in [3.63, 3.8) is 0 Å². The van der Waals surface area contributed by atoms with Gasteiger partial charge in [-0.05, 0) is 24.0 Å². The van der Waals surface area contributed by atoms with E-state index in [1.807, 2.05) is 12.1 Å². The van der Waals surface area contributed by atoms with Crippen LogP contribution in [0.1, 0.15) is 37.3 Å². The molecule has 1 aromatic carbocycles. The van der Waals surface area contributed by atoms with Gasteiger partial charge in [0.1, 0.15) is 0 Å². The fourth-order valence-electron chi connectivity index (χ4n) is 1.51. The van der Waals surface area contributed by atoms with E-state index in [4.69, 9.17) is 11.5 Å². The zero-order valence-corrected chi connectivity index (χ0v) is 11.5. The number of hydrogen-bond donors (Lipinski definition) is 2. The van der Waals surface area contributed by atoms with Gasteiger partial charge in [0.2, 0.25) is 5.96 Å². The largest absolute Gasteiger partial charge is 0.369 e. The second-order valence-corrected chi connectivity index (χ2v) is 3.97. The van der Waals surface area contributed by atoms with Gasteiger partial charge >= 0.3 is 0 Å². The molecule has 0 saturated carbocycles. The average molecular weight is 269 g/mol. The van der Waals surface area contributed by atoms with Crippen molar-refractivity contribution in [2.45, 2.75) is 32.6 Å². The van der Waals surface area contributed by atoms with Crippen molar-refractivity contribution in [2.24, 2.45) is 21.7 Å². The Morgan fingerprint density at radius 1 is 1.17 bits per heavy atom. The summed E-state index contributed by atoms with van der Waals surface area (Å²) in [4.78, 5) is 0. The molecule has 0 radical (unpaired) electrons. The number of halogens is 1. The average Bonchev–Trinajstić information content (AvgIpc) is 2.31. The summed E-state index contributed by atoms with van der Waals surface area (Å²) < 4.78 is 0. The van der Waals surface area contributed by atoms with Gasteiger partial charge < -0.3 is 11.5 Å². The van der Waals surface area contributed by atoms with E-state index in [0.717, 1.165) is 12.0 Å². The monoisotopic (exact) mass is 268 g/mol. The summed E-state index contributed by atoms with van der Waals surface area (Å²) >= 11 is 0. The van der Waals surface area contributed by atoms with E-state index >= 15 is 0 Å². The summed E-state index contributed by atoms with van der Waals surface area (Å²) in [6.07, 6.45) is 6.56. The first-order valence-corrected chi connectivity index (χ1v) is 5.93. The second kappa shape index (κ2) is 9.48. The molecule has 0 spiro atoms. The summed E-state index contributed by atoms with van der Waals surface area (Å²) in [5, 5.41) is 7.30. The molecule has 4 nitrogen and oxygen atoms in total. The number of rotatable bonds is 6. The molecule has 0 heterocycles. The maximum atomic E-state index is 5.16. The number of benzene rings is 1. The Balaban J connectivity index is 0.00000289. The summed E-state index contributed by atoms with van der Waals surface area (Å²) in [5.74, 6) is -0.0302. The first-order chi connectivity index (χ1) is 8.22. The van der Waals surface area contributed by atoms with E-state index < -0.39 is 0 Å². The maximum absolute atomic E-state index is 5.16. The normalized spacial score (nSPS) is 10.1. The highest BCUT2D eigenvalue weighted by Gasteiger charge is 1.93. The molecule has 5 heteroatoms. The fourth-order valence-corrected chi connectivity index (χ4v) is 1.51. The zero-order valence-electron chi connectivity index (χ0n) is 10.7. The third-order valence-electron chi connectivity index (χ3n) is 2.43. The minimum absolute atomic E-state index is 0. The van der Waals surface area contributed by atoms with Crippen LogP contribution in [0.2, 0.25) is 0 Å². The van der Waals surface area contributed by atoms with Gasteiger partial charge in [0.05, 0.1) is 6.21 Å². The number of guanidine groups is 1. The van der Waals surface area contributed by atoms with Crippen LogP contribution in [0.5, 0.6) is 0 Å². The van der Waals surface area contributed by atoms with Crippen molar-refractivity contribution >= 4 is 24.6 Å². The lowest BCUT2D eigenvalue weighted by molar-refractivity contribution is 0.717. The lowest BCUT2D eigenvalue weighted by Gasteiger charge is -2.00. The molecule has 0 aliphatic carbocycles. The topological polar surface area (TPSA) is 76.8 Å². The highest BCUT2D eigenvalue weighted by Crippen LogP contribution is 2.07. The lowest BCUT2D eigenvalue weighted by atomic mass is 10.1. The molecule has 0 aliphatic heterocycles. The van der Waals surface area contributed by atoms with Crippen LogP contribution in [-0.4, -0.2) is 12.2 Å². The van der Waals surface area contributed by atoms with E-state index in [0.29, 0.717) is 0 Å². The minimum atomic E-state index is -0.0302. The summed E-state index contributed by atoms with van der Waals surface area (Å²) in [6, 6.07) is 8.28.